The lowest BCUT2D eigenvalue weighted by Crippen LogP contribution is -2.02. The van der Waals surface area contributed by atoms with E-state index in [-0.39, 0.29) is 11.6 Å². The molecule has 2 aromatic carbocycles. The summed E-state index contributed by atoms with van der Waals surface area (Å²) in [4.78, 5) is 26.2. The molecule has 0 saturated heterocycles. The lowest BCUT2D eigenvalue weighted by Gasteiger charge is -1.98. The molecule has 1 heterocycles. The van der Waals surface area contributed by atoms with Gasteiger partial charge < -0.3 is 4.42 Å². The Kier molecular flexibility index (Phi) is 3.91. The van der Waals surface area contributed by atoms with Crippen LogP contribution in [0.2, 0.25) is 5.02 Å². The minimum atomic E-state index is -0.505. The molecule has 0 N–H and O–H groups in total. The van der Waals surface area contributed by atoms with E-state index in [1.807, 2.05) is 0 Å². The molecule has 0 saturated carbocycles. The fourth-order valence-corrected chi connectivity index (χ4v) is 2.17. The molecule has 114 valence electrons. The zero-order valence-corrected chi connectivity index (χ0v) is 12.4. The molecule has 0 unspecified atom stereocenters. The zero-order valence-electron chi connectivity index (χ0n) is 11.6. The number of fused-ring (bicyclic) bond motifs is 1. The molecule has 23 heavy (non-hydrogen) atoms. The Bertz CT molecular complexity index is 978. The van der Waals surface area contributed by atoms with Crippen LogP contribution in [-0.2, 0) is 0 Å². The number of aromatic nitrogens is 1. The average molecular weight is 329 g/mol. The van der Waals surface area contributed by atoms with Crippen molar-refractivity contribution < 1.29 is 9.34 Å². The molecule has 0 aliphatic rings. The van der Waals surface area contributed by atoms with Crippen LogP contribution in [0.15, 0.2) is 51.7 Å². The summed E-state index contributed by atoms with van der Waals surface area (Å²) in [7, 11) is 0. The topological polar surface area (TPSA) is 86.2 Å². The van der Waals surface area contributed by atoms with E-state index in [1.54, 1.807) is 36.4 Å². The molecule has 0 atom stereocenters. The van der Waals surface area contributed by atoms with Crippen molar-refractivity contribution in [3.05, 3.63) is 79.5 Å². The fourth-order valence-electron chi connectivity index (χ4n) is 2.01. The van der Waals surface area contributed by atoms with Crippen molar-refractivity contribution in [1.82, 2.24) is 4.98 Å². The lowest BCUT2D eigenvalue weighted by molar-refractivity contribution is -0.384. The number of nitro benzene ring substituents is 1. The molecular weight excluding hydrogens is 320 g/mol. The van der Waals surface area contributed by atoms with Crippen molar-refractivity contribution in [2.24, 2.45) is 0 Å². The number of benzene rings is 2. The number of nitro groups is 1. The van der Waals surface area contributed by atoms with E-state index < -0.39 is 10.5 Å². The summed E-state index contributed by atoms with van der Waals surface area (Å²) in [6.45, 7) is 0. The first-order valence-corrected chi connectivity index (χ1v) is 6.94. The zero-order chi connectivity index (χ0) is 16.4. The second-order valence-corrected chi connectivity index (χ2v) is 5.12. The van der Waals surface area contributed by atoms with E-state index in [0.717, 1.165) is 0 Å². The first-order valence-electron chi connectivity index (χ1n) is 6.56. The quantitative estimate of drug-likeness (QED) is 0.537. The van der Waals surface area contributed by atoms with E-state index in [1.165, 1.54) is 18.2 Å². The van der Waals surface area contributed by atoms with Crippen molar-refractivity contribution in [1.29, 1.82) is 0 Å². The van der Waals surface area contributed by atoms with Crippen LogP contribution in [0.1, 0.15) is 11.5 Å². The average Bonchev–Trinajstić information content (AvgIpc) is 2.53. The predicted octanol–water partition coefficient (Wildman–Crippen LogP) is 3.92. The molecule has 0 aliphatic heterocycles. The first-order chi connectivity index (χ1) is 11.0. The van der Waals surface area contributed by atoms with Gasteiger partial charge in [0.25, 0.3) is 5.69 Å². The van der Waals surface area contributed by atoms with Crippen LogP contribution in [0.25, 0.3) is 23.1 Å². The summed E-state index contributed by atoms with van der Waals surface area (Å²) in [5.74, 6) is 0.128. The molecule has 1 aromatic heterocycles. The largest absolute Gasteiger partial charge is 0.404 e. The molecule has 0 amide bonds. The van der Waals surface area contributed by atoms with Crippen LogP contribution in [0.4, 0.5) is 5.69 Å². The maximum atomic E-state index is 11.9. The fraction of sp³-hybridized carbons (Fsp3) is 0. The van der Waals surface area contributed by atoms with Crippen molar-refractivity contribution >= 4 is 40.3 Å². The van der Waals surface area contributed by atoms with Crippen molar-refractivity contribution in [2.45, 2.75) is 0 Å². The molecule has 0 spiro atoms. The monoisotopic (exact) mass is 328 g/mol. The summed E-state index contributed by atoms with van der Waals surface area (Å²) in [6.07, 6.45) is 3.16. The van der Waals surface area contributed by atoms with Crippen LogP contribution in [-0.4, -0.2) is 9.91 Å². The van der Waals surface area contributed by atoms with Crippen LogP contribution in [0.5, 0.6) is 0 Å². The molecule has 0 fully saturated rings. The van der Waals surface area contributed by atoms with Gasteiger partial charge in [-0.05, 0) is 42.0 Å². The first kappa shape index (κ1) is 14.9. The van der Waals surface area contributed by atoms with Crippen molar-refractivity contribution in [2.75, 3.05) is 0 Å². The van der Waals surface area contributed by atoms with Gasteiger partial charge in [0.2, 0.25) is 5.89 Å². The maximum absolute atomic E-state index is 11.9. The van der Waals surface area contributed by atoms with E-state index in [0.29, 0.717) is 21.5 Å². The molecular formula is C16H9ClN2O4. The molecule has 0 radical (unpaired) electrons. The van der Waals surface area contributed by atoms with Gasteiger partial charge in [0.05, 0.1) is 15.8 Å². The molecule has 6 nitrogen and oxygen atoms in total. The van der Waals surface area contributed by atoms with Crippen LogP contribution in [0, 0.1) is 10.1 Å². The Morgan fingerprint density at radius 3 is 2.57 bits per heavy atom. The highest BCUT2D eigenvalue weighted by Gasteiger charge is 2.05. The maximum Gasteiger partial charge on any atom is 0.347 e. The minimum Gasteiger partial charge on any atom is -0.404 e. The SMILES string of the molecule is O=c1oc(/C=C/c2ccc([N+](=O)[O-])cc2)nc2cc(Cl)ccc12. The minimum absolute atomic E-state index is 0.00662. The highest BCUT2D eigenvalue weighted by atomic mass is 35.5. The van der Waals surface area contributed by atoms with Gasteiger partial charge in [0, 0.05) is 23.2 Å². The van der Waals surface area contributed by atoms with E-state index in [9.17, 15) is 14.9 Å². The number of halogens is 1. The Morgan fingerprint density at radius 2 is 1.87 bits per heavy atom. The standard InChI is InChI=1S/C16H9ClN2O4/c17-11-4-7-13-14(9-11)18-15(23-16(13)20)8-3-10-1-5-12(6-2-10)19(21)22/h1-9H/b8-3+. The molecule has 3 rings (SSSR count). The summed E-state index contributed by atoms with van der Waals surface area (Å²) >= 11 is 5.89. The smallest absolute Gasteiger partial charge is 0.347 e. The van der Waals surface area contributed by atoms with Gasteiger partial charge in [-0.1, -0.05) is 11.6 Å². The van der Waals surface area contributed by atoms with Gasteiger partial charge >= 0.3 is 5.63 Å². The lowest BCUT2D eigenvalue weighted by atomic mass is 10.2. The Hall–Kier alpha value is -2.99. The van der Waals surface area contributed by atoms with Gasteiger partial charge in [0.15, 0.2) is 0 Å². The summed E-state index contributed by atoms with van der Waals surface area (Å²) < 4.78 is 5.11. The Balaban J connectivity index is 1.94. The van der Waals surface area contributed by atoms with E-state index >= 15 is 0 Å². The summed E-state index contributed by atoms with van der Waals surface area (Å²) in [5.41, 5.74) is 0.658. The van der Waals surface area contributed by atoms with Crippen molar-refractivity contribution in [3.63, 3.8) is 0 Å². The van der Waals surface area contributed by atoms with E-state index in [4.69, 9.17) is 16.0 Å². The molecule has 7 heteroatoms. The Morgan fingerprint density at radius 1 is 1.13 bits per heavy atom. The number of hydrogen-bond acceptors (Lipinski definition) is 5. The summed E-state index contributed by atoms with van der Waals surface area (Å²) in [6, 6.07) is 10.7. The molecule has 0 aliphatic carbocycles. The van der Waals surface area contributed by atoms with Gasteiger partial charge in [-0.3, -0.25) is 10.1 Å². The predicted molar refractivity (Wildman–Crippen MR) is 87.3 cm³/mol. The number of hydrogen-bond donors (Lipinski definition) is 0. The number of nitrogens with zero attached hydrogens (tertiary/aromatic N) is 2. The third kappa shape index (κ3) is 3.27. The van der Waals surface area contributed by atoms with Gasteiger partial charge in [0.1, 0.15) is 0 Å². The van der Waals surface area contributed by atoms with Crippen molar-refractivity contribution in [3.8, 4) is 0 Å². The second-order valence-electron chi connectivity index (χ2n) is 4.68. The van der Waals surface area contributed by atoms with Crippen LogP contribution in [0.3, 0.4) is 0 Å². The van der Waals surface area contributed by atoms with Crippen LogP contribution < -0.4 is 5.63 Å². The second kappa shape index (κ2) is 6.02. The summed E-state index contributed by atoms with van der Waals surface area (Å²) in [5, 5.41) is 11.4. The highest BCUT2D eigenvalue weighted by Crippen LogP contribution is 2.17. The third-order valence-electron chi connectivity index (χ3n) is 3.13. The molecule has 0 bridgehead atoms. The van der Waals surface area contributed by atoms with Crippen LogP contribution >= 0.6 is 11.6 Å². The van der Waals surface area contributed by atoms with Gasteiger partial charge in [-0.25, -0.2) is 9.78 Å². The number of non-ortho nitro benzene ring substituents is 1. The molecule has 3 aromatic rings. The van der Waals surface area contributed by atoms with Gasteiger partial charge in [-0.15, -0.1) is 0 Å². The Labute approximate surface area is 134 Å². The highest BCUT2D eigenvalue weighted by molar-refractivity contribution is 6.31. The normalized spacial score (nSPS) is 11.2. The van der Waals surface area contributed by atoms with E-state index in [2.05, 4.69) is 4.98 Å². The third-order valence-corrected chi connectivity index (χ3v) is 3.36. The van der Waals surface area contributed by atoms with Gasteiger partial charge in [-0.2, -0.15) is 0 Å². The number of rotatable bonds is 3.